The Labute approximate surface area is 329 Å². The second-order valence-corrected chi connectivity index (χ2v) is 15.7. The summed E-state index contributed by atoms with van der Waals surface area (Å²) in [5.41, 5.74) is 28.2. The Kier molecular flexibility index (Phi) is 18.4. The molecule has 3 saturated heterocycles. The van der Waals surface area contributed by atoms with Crippen LogP contribution in [0.4, 0.5) is 0 Å². The van der Waals surface area contributed by atoms with Crippen LogP contribution < -0.4 is 22.9 Å². The van der Waals surface area contributed by atoms with Crippen LogP contribution in [0.25, 0.3) is 0 Å². The number of nitrogens with two attached hydrogens (primary N) is 4. The molecule has 0 aromatic heterocycles. The van der Waals surface area contributed by atoms with Crippen molar-refractivity contribution in [2.24, 2.45) is 27.9 Å². The van der Waals surface area contributed by atoms with Gasteiger partial charge in [0.1, 0.15) is 61.0 Å². The largest absolute Gasteiger partial charge is 0.394 e. The Morgan fingerprint density at radius 3 is 2.02 bits per heavy atom. The van der Waals surface area contributed by atoms with Gasteiger partial charge in [0.15, 0.2) is 18.9 Å². The molecule has 18 heteroatoms. The van der Waals surface area contributed by atoms with Gasteiger partial charge < -0.3 is 87.1 Å². The maximum atomic E-state index is 11.3. The number of hydrogen-bond acceptors (Lipinski definition) is 18. The third-order valence-corrected chi connectivity index (χ3v) is 10.8. The minimum atomic E-state index is -1.59. The zero-order valence-corrected chi connectivity index (χ0v) is 32.9. The molecule has 15 N–H and O–H groups in total. The zero-order valence-electron chi connectivity index (χ0n) is 32.9. The molecule has 56 heavy (non-hydrogen) atoms. The monoisotopic (exact) mass is 801 g/mol. The van der Waals surface area contributed by atoms with Crippen molar-refractivity contribution in [1.82, 2.24) is 0 Å². The molecule has 18 atom stereocenters. The first-order chi connectivity index (χ1) is 26.6. The molecule has 1 aliphatic carbocycles. The van der Waals surface area contributed by atoms with Gasteiger partial charge in [0.2, 0.25) is 0 Å². The number of aliphatic hydroxyl groups excluding tert-OH is 7. The maximum absolute atomic E-state index is 11.3. The lowest BCUT2D eigenvalue weighted by atomic mass is 9.84. The molecule has 0 amide bonds. The predicted molar refractivity (Wildman–Crippen MR) is 205 cm³/mol. The fraction of sp³-hybridized carbons (Fsp3) is 0.816. The highest BCUT2D eigenvalue weighted by molar-refractivity contribution is 5.72. The molecule has 322 valence electrons. The van der Waals surface area contributed by atoms with Crippen LogP contribution in [0.1, 0.15) is 66.2 Å². The average Bonchev–Trinajstić information content (AvgIpc) is 3.45. The standard InChI is InChI=1S/C38H67N5O13/c1-18(2)7-5-8-19(3)9-6-10-20(4)11-12-43-16-25-30(47)23(45)14-27(51-25)54-34-22(41)13-21(40)29(46)36(34)56-38-33(50)35(26(17-44)53-38)55-37-28(42)32(49)31(48)24(15-39)52-37/h7,9,11-12,21-38,44-50H,5-6,8,10,13-17,39-42H2,1-4H3/b19-9+,20-11+,43-12?. The van der Waals surface area contributed by atoms with Gasteiger partial charge in [-0.3, -0.25) is 4.99 Å². The minimum Gasteiger partial charge on any atom is -0.394 e. The van der Waals surface area contributed by atoms with E-state index in [1.165, 1.54) is 11.1 Å². The van der Waals surface area contributed by atoms with Crippen molar-refractivity contribution < 1.29 is 64.2 Å². The summed E-state index contributed by atoms with van der Waals surface area (Å²) in [6.45, 7) is 7.59. The Balaban J connectivity index is 1.37. The van der Waals surface area contributed by atoms with E-state index in [2.05, 4.69) is 37.9 Å². The number of allylic oxidation sites excluding steroid dienone is 6. The van der Waals surface area contributed by atoms with Gasteiger partial charge in [0.25, 0.3) is 0 Å². The Morgan fingerprint density at radius 1 is 0.679 bits per heavy atom. The Hall–Kier alpha value is -1.79. The zero-order chi connectivity index (χ0) is 41.3. The molecule has 4 fully saturated rings. The molecule has 18 nitrogen and oxygen atoms in total. The van der Waals surface area contributed by atoms with Crippen molar-refractivity contribution in [3.8, 4) is 0 Å². The topological polar surface area (TPSA) is 313 Å². The Bertz CT molecular complexity index is 1330. The number of aliphatic hydroxyl groups is 7. The van der Waals surface area contributed by atoms with Gasteiger partial charge in [-0.1, -0.05) is 28.9 Å². The molecular weight excluding hydrogens is 734 g/mol. The normalized spacial score (nSPS) is 42.7. The summed E-state index contributed by atoms with van der Waals surface area (Å²) in [5.74, 6) is 0. The second-order valence-electron chi connectivity index (χ2n) is 15.7. The van der Waals surface area contributed by atoms with E-state index >= 15 is 0 Å². The van der Waals surface area contributed by atoms with Crippen molar-refractivity contribution in [2.45, 2.75) is 176 Å². The number of ether oxygens (including phenoxy) is 6. The maximum Gasteiger partial charge on any atom is 0.187 e. The molecule has 0 spiro atoms. The lowest BCUT2D eigenvalue weighted by Crippen LogP contribution is -2.65. The van der Waals surface area contributed by atoms with Gasteiger partial charge in [-0.25, -0.2) is 0 Å². The summed E-state index contributed by atoms with van der Waals surface area (Å²) in [6, 6.07) is -2.90. The van der Waals surface area contributed by atoms with E-state index in [-0.39, 0.29) is 25.9 Å². The summed E-state index contributed by atoms with van der Waals surface area (Å²) in [5, 5.41) is 74.7. The summed E-state index contributed by atoms with van der Waals surface area (Å²) < 4.78 is 35.7. The highest BCUT2D eigenvalue weighted by atomic mass is 16.8. The third kappa shape index (κ3) is 12.4. The lowest BCUT2D eigenvalue weighted by Gasteiger charge is -2.45. The number of hydrogen-bond donors (Lipinski definition) is 11. The summed E-state index contributed by atoms with van der Waals surface area (Å²) >= 11 is 0. The van der Waals surface area contributed by atoms with Crippen molar-refractivity contribution in [3.63, 3.8) is 0 Å². The van der Waals surface area contributed by atoms with Crippen molar-refractivity contribution >= 4 is 6.21 Å². The van der Waals surface area contributed by atoms with Crippen molar-refractivity contribution in [3.05, 3.63) is 34.9 Å². The molecule has 0 radical (unpaired) electrons. The molecule has 3 aliphatic heterocycles. The molecule has 3 heterocycles. The third-order valence-electron chi connectivity index (χ3n) is 10.8. The first kappa shape index (κ1) is 46.9. The first-order valence-corrected chi connectivity index (χ1v) is 19.6. The summed E-state index contributed by atoms with van der Waals surface area (Å²) in [7, 11) is 0. The van der Waals surface area contributed by atoms with E-state index in [9.17, 15) is 35.7 Å². The molecule has 4 rings (SSSR count). The van der Waals surface area contributed by atoms with Crippen LogP contribution in [0, 0.1) is 0 Å². The van der Waals surface area contributed by atoms with Crippen LogP contribution in [0.5, 0.6) is 0 Å². The number of nitrogens with zero attached hydrogens (tertiary/aromatic N) is 1. The smallest absolute Gasteiger partial charge is 0.187 e. The lowest BCUT2D eigenvalue weighted by molar-refractivity contribution is -0.302. The predicted octanol–water partition coefficient (Wildman–Crippen LogP) is -2.30. The van der Waals surface area contributed by atoms with Crippen LogP contribution in [0.15, 0.2) is 39.9 Å². The number of rotatable bonds is 17. The van der Waals surface area contributed by atoms with Crippen LogP contribution >= 0.6 is 0 Å². The van der Waals surface area contributed by atoms with E-state index in [1.807, 2.05) is 13.0 Å². The molecule has 1 saturated carbocycles. The first-order valence-electron chi connectivity index (χ1n) is 19.6. The molecule has 18 unspecified atom stereocenters. The van der Waals surface area contributed by atoms with Gasteiger partial charge in [-0.15, -0.1) is 0 Å². The van der Waals surface area contributed by atoms with E-state index in [0.717, 1.165) is 31.3 Å². The average molecular weight is 802 g/mol. The highest BCUT2D eigenvalue weighted by Gasteiger charge is 2.53. The van der Waals surface area contributed by atoms with E-state index < -0.39 is 117 Å². The fourth-order valence-corrected chi connectivity index (χ4v) is 7.31. The van der Waals surface area contributed by atoms with Crippen LogP contribution in [0.3, 0.4) is 0 Å². The van der Waals surface area contributed by atoms with E-state index in [4.69, 9.17) is 51.4 Å². The van der Waals surface area contributed by atoms with Gasteiger partial charge in [0.05, 0.1) is 31.4 Å². The van der Waals surface area contributed by atoms with E-state index in [1.54, 1.807) is 6.21 Å². The summed E-state index contributed by atoms with van der Waals surface area (Å²) in [6.07, 6.45) is -7.14. The fourth-order valence-electron chi connectivity index (χ4n) is 7.31. The molecule has 4 aliphatic rings. The summed E-state index contributed by atoms with van der Waals surface area (Å²) in [4.78, 5) is 4.41. The highest BCUT2D eigenvalue weighted by Crippen LogP contribution is 2.34. The van der Waals surface area contributed by atoms with Crippen LogP contribution in [0.2, 0.25) is 0 Å². The SMILES string of the molecule is CC(C)=CCC/C(C)=C/CC/C(C)=C/C=NCC1OC(OC2C(N)CC(N)C(O)C2OC2OC(CO)C(OC3OC(CN)C(O)C(O)C3N)C2O)CC(O)C1O. The molecule has 0 aromatic rings. The van der Waals surface area contributed by atoms with Crippen molar-refractivity contribution in [1.29, 1.82) is 0 Å². The van der Waals surface area contributed by atoms with Crippen LogP contribution in [-0.4, -0.2) is 172 Å². The second kappa shape index (κ2) is 22.0. The molecule has 0 aromatic carbocycles. The quantitative estimate of drug-likeness (QED) is 0.0544. The molecular formula is C38H67N5O13. The van der Waals surface area contributed by atoms with Gasteiger partial charge in [-0.2, -0.15) is 0 Å². The van der Waals surface area contributed by atoms with Gasteiger partial charge in [-0.05, 0) is 65.9 Å². The number of aliphatic imine (C=N–C) groups is 1. The molecule has 0 bridgehead atoms. The Morgan fingerprint density at radius 2 is 1.34 bits per heavy atom. The van der Waals surface area contributed by atoms with Crippen LogP contribution in [-0.2, 0) is 28.4 Å². The van der Waals surface area contributed by atoms with Crippen molar-refractivity contribution in [2.75, 3.05) is 19.7 Å². The minimum absolute atomic E-state index is 0.0256. The van der Waals surface area contributed by atoms with E-state index in [0.29, 0.717) is 0 Å². The van der Waals surface area contributed by atoms with Gasteiger partial charge >= 0.3 is 0 Å². The van der Waals surface area contributed by atoms with Gasteiger partial charge in [0, 0.05) is 31.3 Å².